The molecule has 0 aromatic heterocycles. The van der Waals surface area contributed by atoms with Gasteiger partial charge in [0.05, 0.1) is 19.0 Å². The number of amides is 18. The van der Waals surface area contributed by atoms with Crippen molar-refractivity contribution in [2.24, 2.45) is 99.1 Å². The Morgan fingerprint density at radius 1 is 0.214 bits per heavy atom. The second-order valence-electron chi connectivity index (χ2n) is 40.3. The van der Waals surface area contributed by atoms with Crippen LogP contribution in [0.25, 0.3) is 0 Å². The summed E-state index contributed by atoms with van der Waals surface area (Å²) in [5.41, 5.74) is 49.2. The van der Waals surface area contributed by atoms with E-state index in [1.807, 2.05) is 55.4 Å². The van der Waals surface area contributed by atoms with Gasteiger partial charge in [-0.2, -0.15) is 0 Å². The predicted molar refractivity (Wildman–Crippen MR) is 539 cm³/mol. The summed E-state index contributed by atoms with van der Waals surface area (Å²) in [5, 5.41) is 44.0. The van der Waals surface area contributed by atoms with Crippen LogP contribution in [0.3, 0.4) is 0 Å². The molecule has 0 rings (SSSR count). The number of nitrogens with two attached hydrogens (primary N) is 9. The Kier molecular flexibility index (Phi) is 68.9. The summed E-state index contributed by atoms with van der Waals surface area (Å²) in [5.74, 6) is -10.2. The molecule has 806 valence electrons. The summed E-state index contributed by atoms with van der Waals surface area (Å²) in [7, 11) is 0. The molecule has 0 aromatic carbocycles. The molecule has 0 saturated heterocycles. The van der Waals surface area contributed by atoms with E-state index in [0.717, 1.165) is 0 Å². The summed E-state index contributed by atoms with van der Waals surface area (Å²) in [6.07, 6.45) is 6.96. The zero-order valence-corrected chi connectivity index (χ0v) is 86.9. The van der Waals surface area contributed by atoms with Crippen molar-refractivity contribution in [1.82, 2.24) is 90.5 Å². The number of unbranched alkanes of at least 4 members (excludes halogenated alkanes) is 8. The quantitative estimate of drug-likeness (QED) is 0.0149. The lowest BCUT2D eigenvalue weighted by molar-refractivity contribution is -0.137. The Hall–Kier alpha value is -9.86. The van der Waals surface area contributed by atoms with Gasteiger partial charge in [0.25, 0.3) is 0 Å². The first-order chi connectivity index (χ1) is 66.0. The van der Waals surface area contributed by atoms with E-state index in [4.69, 9.17) is 51.7 Å². The molecule has 0 aliphatic rings. The molecular formula is C96H184N26O18. The maximum atomic E-state index is 15.0. The fourth-order valence-electron chi connectivity index (χ4n) is 15.6. The standard InChI is InChI=1S/C96H184N26O18/c1-56(2)46-64(103)82(126)108-66(33-20-26-40-98)84(128)110-68(35-22-28-42-100)86(130)114-74(50-60(9)10)92(136)118-73(49-59(7)8)91(135)113-70(37-24-30-44-102)88(132)116-75(51-61(11)12)93(137)117-72(48-58(5)6)90(134)112-67(34-21-27-41-99)85(129)111-69(36-23-29-43-101)87(131)115-76(52-62(13)14)94(138)119-77(53-63(15)16)95(139)121-78(54-79(104)123)96(140)120-71(47-57(3)4)89(133)109-65(32-19-25-39-97)83(127)107-55-81(125)106-45-31-17-18-38-80(124)122-105/h56-78H,17-55,97-103,105H2,1-16H3,(H2,104,123)(H,106,125)(H,107,127)(H,108,126)(H,109,133)(H,110,128)(H,111,129)(H,112,134)(H,113,135)(H,114,130)(H,115,131)(H,116,132)(H,117,137)(H,118,136)(H,119,138)(H,120,140)(H,121,139)(H,122,124)/t64-,65-,66-,67-,68-,69-,70-,71-,72-,73-,74-,75-,76-,77-,78-/m0/s1. The van der Waals surface area contributed by atoms with Gasteiger partial charge >= 0.3 is 0 Å². The van der Waals surface area contributed by atoms with E-state index in [-0.39, 0.29) is 182 Å². The molecule has 18 amide bonds. The SMILES string of the molecule is CC(C)C[C@H](NC(=O)[C@H](CC(N)=O)NC(=O)[C@H](CC(C)C)NC(=O)[C@H](CC(C)C)NC(=O)[C@H](CCCCN)NC(=O)[C@H](CCCCN)NC(=O)[C@H](CC(C)C)NC(=O)[C@H](CC(C)C)NC(=O)[C@H](CCCCN)NC(=O)[C@H](CC(C)C)NC(=O)[C@H](CC(C)C)NC(=O)[C@H](CCCCN)NC(=O)[C@H](CCCCN)NC(=O)[C@@H](N)CC(C)C)C(=O)N[C@@H](CCCCN)C(=O)NCC(=O)NCCCCCC(=O)NN. The van der Waals surface area contributed by atoms with Crippen molar-refractivity contribution in [3.63, 3.8) is 0 Å². The minimum atomic E-state index is -1.73. The molecule has 140 heavy (non-hydrogen) atoms. The molecule has 0 saturated carbocycles. The lowest BCUT2D eigenvalue weighted by atomic mass is 9.98. The highest BCUT2D eigenvalue weighted by Gasteiger charge is 2.40. The van der Waals surface area contributed by atoms with Crippen LogP contribution in [-0.2, 0) is 86.3 Å². The number of carbonyl (C=O) groups is 18. The number of primary amides is 1. The fraction of sp³-hybridized carbons (Fsp3) is 0.812. The van der Waals surface area contributed by atoms with Gasteiger partial charge in [0, 0.05) is 13.0 Å². The minimum absolute atomic E-state index is 0.00286. The van der Waals surface area contributed by atoms with Gasteiger partial charge in [-0.3, -0.25) is 91.7 Å². The van der Waals surface area contributed by atoms with Crippen molar-refractivity contribution in [2.45, 2.75) is 400 Å². The van der Waals surface area contributed by atoms with E-state index in [1.54, 1.807) is 55.4 Å². The van der Waals surface area contributed by atoms with Gasteiger partial charge in [0.15, 0.2) is 0 Å². The molecule has 15 atom stereocenters. The van der Waals surface area contributed by atoms with Crippen LogP contribution in [0.1, 0.15) is 310 Å². The first-order valence-corrected chi connectivity index (χ1v) is 51.1. The summed E-state index contributed by atoms with van der Waals surface area (Å²) >= 11 is 0. The number of hydrogen-bond donors (Lipinski definition) is 26. The van der Waals surface area contributed by atoms with Crippen LogP contribution in [0.4, 0.5) is 0 Å². The van der Waals surface area contributed by atoms with Gasteiger partial charge in [0.1, 0.15) is 84.6 Å². The third-order valence-electron chi connectivity index (χ3n) is 22.9. The lowest BCUT2D eigenvalue weighted by Gasteiger charge is -2.30. The van der Waals surface area contributed by atoms with Crippen molar-refractivity contribution >= 4 is 106 Å². The normalized spacial score (nSPS) is 14.7. The first-order valence-electron chi connectivity index (χ1n) is 51.1. The Bertz CT molecular complexity index is 3750. The molecule has 0 aromatic rings. The van der Waals surface area contributed by atoms with Crippen LogP contribution in [-0.4, -0.2) is 249 Å². The zero-order valence-electron chi connectivity index (χ0n) is 86.9. The summed E-state index contributed by atoms with van der Waals surface area (Å²) in [4.78, 5) is 255. The molecule has 35 N–H and O–H groups in total. The number of hydrazine groups is 1. The van der Waals surface area contributed by atoms with Gasteiger partial charge < -0.3 is 131 Å². The summed E-state index contributed by atoms with van der Waals surface area (Å²) < 4.78 is 0. The number of nitrogens with one attached hydrogen (secondary N) is 17. The number of carbonyl (C=O) groups excluding carboxylic acids is 18. The molecule has 0 radical (unpaired) electrons. The van der Waals surface area contributed by atoms with Crippen LogP contribution in [0.2, 0.25) is 0 Å². The lowest BCUT2D eigenvalue weighted by Crippen LogP contribution is -2.61. The summed E-state index contributed by atoms with van der Waals surface area (Å²) in [6, 6.07) is -19.6. The van der Waals surface area contributed by atoms with Crippen LogP contribution >= 0.6 is 0 Å². The van der Waals surface area contributed by atoms with E-state index in [2.05, 4.69) is 90.5 Å². The smallest absolute Gasteiger partial charge is 0.243 e. The van der Waals surface area contributed by atoms with Crippen molar-refractivity contribution in [2.75, 3.05) is 52.4 Å². The highest BCUT2D eigenvalue weighted by Crippen LogP contribution is 2.20. The zero-order chi connectivity index (χ0) is 106. The second-order valence-corrected chi connectivity index (χ2v) is 40.3. The number of rotatable bonds is 79. The molecule has 0 spiro atoms. The highest BCUT2D eigenvalue weighted by atomic mass is 16.2. The van der Waals surface area contributed by atoms with Crippen molar-refractivity contribution in [1.29, 1.82) is 0 Å². The van der Waals surface area contributed by atoms with Crippen molar-refractivity contribution < 1.29 is 86.3 Å². The number of hydrogen-bond acceptors (Lipinski definition) is 26. The fourth-order valence-corrected chi connectivity index (χ4v) is 15.6. The third-order valence-corrected chi connectivity index (χ3v) is 22.9. The van der Waals surface area contributed by atoms with E-state index in [1.165, 1.54) is 0 Å². The minimum Gasteiger partial charge on any atom is -0.370 e. The van der Waals surface area contributed by atoms with Crippen molar-refractivity contribution in [3.05, 3.63) is 0 Å². The van der Waals surface area contributed by atoms with Crippen LogP contribution in [0.5, 0.6) is 0 Å². The Morgan fingerprint density at radius 2 is 0.414 bits per heavy atom. The highest BCUT2D eigenvalue weighted by molar-refractivity contribution is 6.01. The molecule has 0 bridgehead atoms. The molecular weight excluding hydrogens is 1810 g/mol. The molecule has 0 heterocycles. The average Bonchev–Trinajstić information content (AvgIpc) is 0.850. The maximum Gasteiger partial charge on any atom is 0.243 e. The molecule has 44 nitrogen and oxygen atoms in total. The van der Waals surface area contributed by atoms with E-state index in [9.17, 15) is 86.3 Å². The van der Waals surface area contributed by atoms with E-state index >= 15 is 0 Å². The molecule has 44 heteroatoms. The Labute approximate surface area is 831 Å². The largest absolute Gasteiger partial charge is 0.370 e. The van der Waals surface area contributed by atoms with Crippen LogP contribution in [0, 0.1) is 47.3 Å². The van der Waals surface area contributed by atoms with Crippen molar-refractivity contribution in [3.8, 4) is 0 Å². The Morgan fingerprint density at radius 3 is 0.629 bits per heavy atom. The average molecular weight is 1990 g/mol. The molecule has 0 unspecified atom stereocenters. The van der Waals surface area contributed by atoms with E-state index < -0.39 is 204 Å². The maximum absolute atomic E-state index is 15.0. The molecule has 0 aliphatic heterocycles. The first kappa shape index (κ1) is 130. The third kappa shape index (κ3) is 58.5. The van der Waals surface area contributed by atoms with Gasteiger partial charge in [0.2, 0.25) is 106 Å². The molecule has 0 fully saturated rings. The van der Waals surface area contributed by atoms with E-state index in [0.29, 0.717) is 109 Å². The van der Waals surface area contributed by atoms with Gasteiger partial charge in [-0.1, -0.05) is 117 Å². The Balaban J connectivity index is 7.40. The second kappa shape index (κ2) is 74.1. The van der Waals surface area contributed by atoms with Crippen LogP contribution < -0.4 is 142 Å². The van der Waals surface area contributed by atoms with Crippen LogP contribution in [0.15, 0.2) is 0 Å². The van der Waals surface area contributed by atoms with Gasteiger partial charge in [-0.05, 0) is 266 Å². The van der Waals surface area contributed by atoms with Gasteiger partial charge in [-0.25, -0.2) is 5.84 Å². The molecule has 0 aliphatic carbocycles. The topological polar surface area (TPSA) is 746 Å². The monoisotopic (exact) mass is 1990 g/mol. The summed E-state index contributed by atoms with van der Waals surface area (Å²) in [6.45, 7) is 30.3. The van der Waals surface area contributed by atoms with Gasteiger partial charge in [-0.15, -0.1) is 0 Å². The predicted octanol–water partition coefficient (Wildman–Crippen LogP) is -1.10.